The summed E-state index contributed by atoms with van der Waals surface area (Å²) in [6, 6.07) is 0.0925. The molecule has 0 aliphatic heterocycles. The second-order valence-corrected chi connectivity index (χ2v) is 4.27. The molecular formula is C12H25NO. The Hall–Kier alpha value is -0.370. The molecule has 0 unspecified atom stereocenters. The summed E-state index contributed by atoms with van der Waals surface area (Å²) in [6.07, 6.45) is 2.24. The molecule has 0 amide bonds. The Morgan fingerprint density at radius 1 is 1.07 bits per heavy atom. The van der Waals surface area contributed by atoms with Crippen LogP contribution >= 0.6 is 0 Å². The quantitative estimate of drug-likeness (QED) is 0.628. The highest BCUT2D eigenvalue weighted by Gasteiger charge is 2.21. The molecule has 0 heterocycles. The Balaban J connectivity index is 4.26. The molecule has 0 aromatic carbocycles. The fourth-order valence-electron chi connectivity index (χ4n) is 1.74. The van der Waals surface area contributed by atoms with Gasteiger partial charge in [-0.15, -0.1) is 0 Å². The molecule has 0 aromatic heterocycles. The van der Waals surface area contributed by atoms with Crippen LogP contribution in [0.5, 0.6) is 0 Å². The van der Waals surface area contributed by atoms with E-state index in [9.17, 15) is 4.79 Å². The fourth-order valence-corrected chi connectivity index (χ4v) is 1.74. The van der Waals surface area contributed by atoms with Gasteiger partial charge >= 0.3 is 0 Å². The highest BCUT2D eigenvalue weighted by atomic mass is 16.1. The maximum atomic E-state index is 11.8. The minimum atomic E-state index is 0.0925. The molecular weight excluding hydrogens is 174 g/mol. The zero-order valence-electron chi connectivity index (χ0n) is 10.3. The van der Waals surface area contributed by atoms with Crippen molar-refractivity contribution in [2.45, 2.75) is 53.5 Å². The number of hydrogen-bond acceptors (Lipinski definition) is 2. The molecule has 0 aliphatic rings. The van der Waals surface area contributed by atoms with E-state index in [4.69, 9.17) is 0 Å². The third kappa shape index (κ3) is 4.23. The van der Waals surface area contributed by atoms with Crippen LogP contribution in [0.3, 0.4) is 0 Å². The summed E-state index contributed by atoms with van der Waals surface area (Å²) in [5, 5.41) is 0. The maximum absolute atomic E-state index is 11.8. The number of rotatable bonds is 7. The maximum Gasteiger partial charge on any atom is 0.152 e. The molecule has 0 radical (unpaired) electrons. The van der Waals surface area contributed by atoms with Gasteiger partial charge in [0, 0.05) is 5.92 Å². The summed E-state index contributed by atoms with van der Waals surface area (Å²) in [5.41, 5.74) is 0. The average molecular weight is 199 g/mol. The van der Waals surface area contributed by atoms with Crippen molar-refractivity contribution in [2.24, 2.45) is 5.92 Å². The third-order valence-corrected chi connectivity index (χ3v) is 2.55. The lowest BCUT2D eigenvalue weighted by atomic mass is 10.0. The van der Waals surface area contributed by atoms with Crippen molar-refractivity contribution < 1.29 is 4.79 Å². The van der Waals surface area contributed by atoms with E-state index in [1.54, 1.807) is 0 Å². The van der Waals surface area contributed by atoms with Crippen LogP contribution in [0.15, 0.2) is 0 Å². The minimum absolute atomic E-state index is 0.0925. The van der Waals surface area contributed by atoms with Crippen molar-refractivity contribution >= 4 is 5.78 Å². The van der Waals surface area contributed by atoms with Gasteiger partial charge in [0.15, 0.2) is 5.78 Å². The van der Waals surface area contributed by atoms with Gasteiger partial charge in [-0.2, -0.15) is 0 Å². The van der Waals surface area contributed by atoms with E-state index < -0.39 is 0 Å². The summed E-state index contributed by atoms with van der Waals surface area (Å²) in [6.45, 7) is 12.4. The van der Waals surface area contributed by atoms with E-state index in [2.05, 4.69) is 18.7 Å². The fraction of sp³-hybridized carbons (Fsp3) is 0.917. The Morgan fingerprint density at radius 2 is 1.50 bits per heavy atom. The topological polar surface area (TPSA) is 20.3 Å². The zero-order chi connectivity index (χ0) is 11.1. The lowest BCUT2D eigenvalue weighted by Gasteiger charge is -2.28. The first-order chi connectivity index (χ1) is 6.54. The molecule has 1 atom stereocenters. The number of ketones is 1. The number of carbonyl (C=O) groups excluding carboxylic acids is 1. The molecule has 0 aromatic rings. The van der Waals surface area contributed by atoms with E-state index in [0.29, 0.717) is 5.78 Å². The summed E-state index contributed by atoms with van der Waals surface area (Å²) in [7, 11) is 0. The smallest absolute Gasteiger partial charge is 0.152 e. The molecule has 0 N–H and O–H groups in total. The number of nitrogens with zero attached hydrogens (tertiary/aromatic N) is 1. The van der Waals surface area contributed by atoms with E-state index in [1.165, 1.54) is 0 Å². The number of Topliss-reactive ketones (excluding diaryl/α,β-unsaturated/α-hetero) is 1. The van der Waals surface area contributed by atoms with Crippen molar-refractivity contribution in [3.8, 4) is 0 Å². The van der Waals surface area contributed by atoms with Gasteiger partial charge in [-0.1, -0.05) is 27.7 Å². The van der Waals surface area contributed by atoms with Crippen LogP contribution in [0.2, 0.25) is 0 Å². The molecule has 0 saturated carbocycles. The van der Waals surface area contributed by atoms with Crippen molar-refractivity contribution in [1.82, 2.24) is 4.90 Å². The summed E-state index contributed by atoms with van der Waals surface area (Å²) < 4.78 is 0. The van der Waals surface area contributed by atoms with Crippen LogP contribution in [-0.2, 0) is 4.79 Å². The lowest BCUT2D eigenvalue weighted by Crippen LogP contribution is -2.41. The van der Waals surface area contributed by atoms with Crippen molar-refractivity contribution in [1.29, 1.82) is 0 Å². The molecule has 0 bridgehead atoms. The molecule has 0 fully saturated rings. The first-order valence-corrected chi connectivity index (χ1v) is 5.82. The standard InChI is InChI=1S/C12H25NO/c1-6-8-13(9-7-2)11(5)12(14)10(3)4/h10-11H,6-9H2,1-5H3/t11-/m0/s1. The highest BCUT2D eigenvalue weighted by Crippen LogP contribution is 2.08. The summed E-state index contributed by atoms with van der Waals surface area (Å²) in [4.78, 5) is 14.1. The monoisotopic (exact) mass is 199 g/mol. The van der Waals surface area contributed by atoms with Gasteiger partial charge in [-0.25, -0.2) is 0 Å². The van der Waals surface area contributed by atoms with Crippen molar-refractivity contribution in [3.63, 3.8) is 0 Å². The SMILES string of the molecule is CCCN(CCC)[C@@H](C)C(=O)C(C)C. The van der Waals surface area contributed by atoms with Crippen LogP contribution in [0.1, 0.15) is 47.5 Å². The molecule has 14 heavy (non-hydrogen) atoms. The summed E-state index contributed by atoms with van der Waals surface area (Å²) in [5.74, 6) is 0.521. The Morgan fingerprint density at radius 3 is 1.79 bits per heavy atom. The third-order valence-electron chi connectivity index (χ3n) is 2.55. The Bertz CT molecular complexity index is 160. The molecule has 2 nitrogen and oxygen atoms in total. The molecule has 0 spiro atoms. The Labute approximate surface area is 88.7 Å². The summed E-state index contributed by atoms with van der Waals surface area (Å²) >= 11 is 0. The molecule has 2 heteroatoms. The molecule has 84 valence electrons. The number of hydrogen-bond donors (Lipinski definition) is 0. The molecule has 0 rings (SSSR count). The highest BCUT2D eigenvalue weighted by molar-refractivity contribution is 5.85. The normalized spacial score (nSPS) is 13.6. The van der Waals surface area contributed by atoms with E-state index in [1.807, 2.05) is 20.8 Å². The van der Waals surface area contributed by atoms with Crippen molar-refractivity contribution in [3.05, 3.63) is 0 Å². The van der Waals surface area contributed by atoms with Gasteiger partial charge in [0.2, 0.25) is 0 Å². The van der Waals surface area contributed by atoms with Crippen LogP contribution in [0.4, 0.5) is 0 Å². The second-order valence-electron chi connectivity index (χ2n) is 4.27. The number of carbonyl (C=O) groups is 1. The second kappa shape index (κ2) is 6.99. The van der Waals surface area contributed by atoms with E-state index in [-0.39, 0.29) is 12.0 Å². The first kappa shape index (κ1) is 13.6. The van der Waals surface area contributed by atoms with Crippen LogP contribution in [0, 0.1) is 5.92 Å². The largest absolute Gasteiger partial charge is 0.298 e. The minimum Gasteiger partial charge on any atom is -0.298 e. The van der Waals surface area contributed by atoms with Gasteiger partial charge in [0.1, 0.15) is 0 Å². The zero-order valence-corrected chi connectivity index (χ0v) is 10.3. The van der Waals surface area contributed by atoms with Crippen LogP contribution in [-0.4, -0.2) is 29.8 Å². The van der Waals surface area contributed by atoms with Gasteiger partial charge in [0.05, 0.1) is 6.04 Å². The van der Waals surface area contributed by atoms with Crippen LogP contribution < -0.4 is 0 Å². The molecule has 0 saturated heterocycles. The average Bonchev–Trinajstić information content (AvgIpc) is 2.15. The molecule has 0 aliphatic carbocycles. The van der Waals surface area contributed by atoms with Gasteiger partial charge < -0.3 is 0 Å². The van der Waals surface area contributed by atoms with Gasteiger partial charge in [-0.3, -0.25) is 9.69 Å². The van der Waals surface area contributed by atoms with Gasteiger partial charge in [0.25, 0.3) is 0 Å². The lowest BCUT2D eigenvalue weighted by molar-refractivity contribution is -0.126. The predicted octanol–water partition coefficient (Wildman–Crippen LogP) is 2.72. The van der Waals surface area contributed by atoms with Crippen molar-refractivity contribution in [2.75, 3.05) is 13.1 Å². The Kier molecular flexibility index (Phi) is 6.81. The van der Waals surface area contributed by atoms with Crippen LogP contribution in [0.25, 0.3) is 0 Å². The predicted molar refractivity (Wildman–Crippen MR) is 61.5 cm³/mol. The van der Waals surface area contributed by atoms with Gasteiger partial charge in [-0.05, 0) is 32.9 Å². The first-order valence-electron chi connectivity index (χ1n) is 5.82. The van der Waals surface area contributed by atoms with E-state index in [0.717, 1.165) is 25.9 Å². The van der Waals surface area contributed by atoms with E-state index >= 15 is 0 Å².